The van der Waals surface area contributed by atoms with Crippen molar-refractivity contribution in [2.75, 3.05) is 19.6 Å². The normalized spacial score (nSPS) is 17.3. The number of nitrogens with zero attached hydrogens (tertiary/aromatic N) is 1. The largest absolute Gasteiger partial charge is 0.481 e. The number of amides is 3. The molecule has 0 spiro atoms. The molecule has 0 aromatic heterocycles. The van der Waals surface area contributed by atoms with Crippen LogP contribution in [0.1, 0.15) is 32.6 Å². The molecule has 7 nitrogen and oxygen atoms in total. The molecule has 1 rings (SSSR count). The van der Waals surface area contributed by atoms with E-state index in [4.69, 9.17) is 5.11 Å². The minimum Gasteiger partial charge on any atom is -0.481 e. The van der Waals surface area contributed by atoms with Crippen molar-refractivity contribution in [1.29, 1.82) is 0 Å². The van der Waals surface area contributed by atoms with Crippen LogP contribution in [0.25, 0.3) is 0 Å². The predicted octanol–water partition coefficient (Wildman–Crippen LogP) is 0.161. The summed E-state index contributed by atoms with van der Waals surface area (Å²) in [4.78, 5) is 35.1. The third-order valence-corrected chi connectivity index (χ3v) is 3.00. The lowest BCUT2D eigenvalue weighted by atomic mass is 10.1. The van der Waals surface area contributed by atoms with E-state index in [1.807, 2.05) is 6.92 Å². The van der Waals surface area contributed by atoms with Crippen LogP contribution >= 0.6 is 0 Å². The molecule has 0 aromatic carbocycles. The van der Waals surface area contributed by atoms with E-state index < -0.39 is 5.97 Å². The van der Waals surface area contributed by atoms with Crippen molar-refractivity contribution in [3.8, 4) is 0 Å². The first-order valence-corrected chi connectivity index (χ1v) is 6.53. The fourth-order valence-electron chi connectivity index (χ4n) is 1.90. The van der Waals surface area contributed by atoms with Crippen molar-refractivity contribution >= 4 is 17.9 Å². The van der Waals surface area contributed by atoms with E-state index in [2.05, 4.69) is 10.6 Å². The summed E-state index contributed by atoms with van der Waals surface area (Å²) in [5, 5.41) is 14.1. The SMILES string of the molecule is CC(CCCC(=O)O)NC(=O)N1CCNC(=O)CC1. The van der Waals surface area contributed by atoms with Crippen LogP contribution < -0.4 is 10.6 Å². The third kappa shape index (κ3) is 6.08. The Morgan fingerprint density at radius 2 is 2.21 bits per heavy atom. The molecular weight excluding hydrogens is 250 g/mol. The van der Waals surface area contributed by atoms with Crippen molar-refractivity contribution < 1.29 is 19.5 Å². The number of nitrogens with one attached hydrogen (secondary N) is 2. The average Bonchev–Trinajstić information content (AvgIpc) is 2.53. The number of carboxylic acid groups (broad SMARTS) is 1. The smallest absolute Gasteiger partial charge is 0.317 e. The van der Waals surface area contributed by atoms with Crippen molar-refractivity contribution in [1.82, 2.24) is 15.5 Å². The minimum absolute atomic E-state index is 0.0372. The molecule has 0 saturated carbocycles. The number of carbonyl (C=O) groups excluding carboxylic acids is 2. The number of urea groups is 1. The van der Waals surface area contributed by atoms with E-state index >= 15 is 0 Å². The molecule has 3 amide bonds. The summed E-state index contributed by atoms with van der Waals surface area (Å²) >= 11 is 0. The molecule has 0 bridgehead atoms. The maximum atomic E-state index is 11.9. The maximum absolute atomic E-state index is 11.9. The highest BCUT2D eigenvalue weighted by Crippen LogP contribution is 2.03. The van der Waals surface area contributed by atoms with E-state index in [1.54, 1.807) is 4.90 Å². The number of hydrogen-bond acceptors (Lipinski definition) is 3. The van der Waals surface area contributed by atoms with Gasteiger partial charge < -0.3 is 20.6 Å². The number of carbonyl (C=O) groups is 3. The molecule has 1 aliphatic rings. The molecule has 1 atom stereocenters. The van der Waals surface area contributed by atoms with Crippen molar-refractivity contribution in [3.05, 3.63) is 0 Å². The summed E-state index contributed by atoms with van der Waals surface area (Å²) in [5.74, 6) is -0.861. The second-order valence-corrected chi connectivity index (χ2v) is 4.72. The van der Waals surface area contributed by atoms with Gasteiger partial charge in [0, 0.05) is 38.5 Å². The highest BCUT2D eigenvalue weighted by molar-refractivity contribution is 5.79. The summed E-state index contributed by atoms with van der Waals surface area (Å²) in [6.45, 7) is 3.24. The Bertz CT molecular complexity index is 346. The molecule has 1 heterocycles. The highest BCUT2D eigenvalue weighted by atomic mass is 16.4. The molecule has 7 heteroatoms. The second-order valence-electron chi connectivity index (χ2n) is 4.72. The van der Waals surface area contributed by atoms with Crippen LogP contribution in [0.4, 0.5) is 4.79 Å². The first-order valence-electron chi connectivity index (χ1n) is 6.53. The Labute approximate surface area is 112 Å². The minimum atomic E-state index is -0.823. The zero-order valence-corrected chi connectivity index (χ0v) is 11.1. The van der Waals surface area contributed by atoms with E-state index in [0.717, 1.165) is 0 Å². The van der Waals surface area contributed by atoms with Gasteiger partial charge in [-0.2, -0.15) is 0 Å². The third-order valence-electron chi connectivity index (χ3n) is 3.00. The molecule has 0 aromatic rings. The number of hydrogen-bond donors (Lipinski definition) is 3. The van der Waals surface area contributed by atoms with Gasteiger partial charge in [0.2, 0.25) is 5.91 Å². The van der Waals surface area contributed by atoms with Crippen LogP contribution in [0.2, 0.25) is 0 Å². The van der Waals surface area contributed by atoms with Crippen LogP contribution in [0.3, 0.4) is 0 Å². The molecule has 1 unspecified atom stereocenters. The monoisotopic (exact) mass is 271 g/mol. The summed E-state index contributed by atoms with van der Waals surface area (Å²) in [5.41, 5.74) is 0. The zero-order valence-electron chi connectivity index (χ0n) is 11.1. The van der Waals surface area contributed by atoms with E-state index in [1.165, 1.54) is 0 Å². The van der Waals surface area contributed by atoms with Gasteiger partial charge in [-0.15, -0.1) is 0 Å². The molecule has 19 heavy (non-hydrogen) atoms. The van der Waals surface area contributed by atoms with Crippen molar-refractivity contribution in [2.45, 2.75) is 38.6 Å². The lowest BCUT2D eigenvalue weighted by Gasteiger charge is -2.23. The molecule has 1 aliphatic heterocycles. The molecular formula is C12H21N3O4. The molecule has 1 fully saturated rings. The molecule has 0 aliphatic carbocycles. The summed E-state index contributed by atoms with van der Waals surface area (Å²) in [6, 6.07) is -0.266. The van der Waals surface area contributed by atoms with Gasteiger partial charge in [0.05, 0.1) is 0 Å². The Hall–Kier alpha value is -1.79. The number of carboxylic acids is 1. The molecule has 1 saturated heterocycles. The first-order chi connectivity index (χ1) is 8.99. The van der Waals surface area contributed by atoms with Crippen molar-refractivity contribution in [2.24, 2.45) is 0 Å². The summed E-state index contributed by atoms with van der Waals surface area (Å²) in [7, 11) is 0. The number of rotatable bonds is 5. The topological polar surface area (TPSA) is 98.7 Å². The Morgan fingerprint density at radius 3 is 2.89 bits per heavy atom. The van der Waals surface area contributed by atoms with Crippen LogP contribution in [0.5, 0.6) is 0 Å². The van der Waals surface area contributed by atoms with Gasteiger partial charge in [0.1, 0.15) is 0 Å². The van der Waals surface area contributed by atoms with Gasteiger partial charge in [0.15, 0.2) is 0 Å². The lowest BCUT2D eigenvalue weighted by molar-refractivity contribution is -0.137. The van der Waals surface area contributed by atoms with Crippen molar-refractivity contribution in [3.63, 3.8) is 0 Å². The fraction of sp³-hybridized carbons (Fsp3) is 0.750. The molecule has 0 radical (unpaired) electrons. The van der Waals surface area contributed by atoms with Gasteiger partial charge in [-0.1, -0.05) is 0 Å². The quantitative estimate of drug-likeness (QED) is 0.663. The van der Waals surface area contributed by atoms with Crippen LogP contribution in [-0.2, 0) is 9.59 Å². The summed E-state index contributed by atoms with van der Waals surface area (Å²) < 4.78 is 0. The van der Waals surface area contributed by atoms with Crippen LogP contribution in [0.15, 0.2) is 0 Å². The fourth-order valence-corrected chi connectivity index (χ4v) is 1.90. The van der Waals surface area contributed by atoms with E-state index in [9.17, 15) is 14.4 Å². The number of aliphatic carboxylic acids is 1. The lowest BCUT2D eigenvalue weighted by Crippen LogP contribution is -2.45. The predicted molar refractivity (Wildman–Crippen MR) is 68.7 cm³/mol. The maximum Gasteiger partial charge on any atom is 0.317 e. The summed E-state index contributed by atoms with van der Waals surface area (Å²) in [6.07, 6.45) is 1.60. The van der Waals surface area contributed by atoms with Gasteiger partial charge in [-0.05, 0) is 19.8 Å². The van der Waals surface area contributed by atoms with Gasteiger partial charge in [-0.25, -0.2) is 4.79 Å². The average molecular weight is 271 g/mol. The Morgan fingerprint density at radius 1 is 1.47 bits per heavy atom. The first kappa shape index (κ1) is 15.3. The van der Waals surface area contributed by atoms with Gasteiger partial charge in [-0.3, -0.25) is 9.59 Å². The Balaban J connectivity index is 2.28. The van der Waals surface area contributed by atoms with Gasteiger partial charge >= 0.3 is 12.0 Å². The van der Waals surface area contributed by atoms with Crippen LogP contribution in [-0.4, -0.2) is 53.6 Å². The standard InChI is InChI=1S/C12H21N3O4/c1-9(3-2-4-11(17)18)14-12(19)15-7-5-10(16)13-6-8-15/h9H,2-8H2,1H3,(H,13,16)(H,14,19)(H,17,18). The molecule has 108 valence electrons. The Kier molecular flexibility index (Phi) is 6.11. The second kappa shape index (κ2) is 7.60. The van der Waals surface area contributed by atoms with Crippen LogP contribution in [0, 0.1) is 0 Å². The van der Waals surface area contributed by atoms with E-state index in [0.29, 0.717) is 38.9 Å². The van der Waals surface area contributed by atoms with E-state index in [-0.39, 0.29) is 24.4 Å². The highest BCUT2D eigenvalue weighted by Gasteiger charge is 2.19. The molecule has 3 N–H and O–H groups in total. The van der Waals surface area contributed by atoms with Gasteiger partial charge in [0.25, 0.3) is 0 Å². The zero-order chi connectivity index (χ0) is 14.3.